The molecule has 2 aliphatic heterocycles. The zero-order valence-electron chi connectivity index (χ0n) is 31.1. The molecule has 4 heteroatoms. The number of hydrogen-bond acceptors (Lipinski definition) is 4. The topological polar surface area (TPSA) is 46.8 Å². The SMILES string of the molecule is C1=CC2=C(CC1)[C@]1(c3ccccc3Oc3cc(-c4ccccc4C4=NC(c5ccc6c(c5)oc5ccccc56)=CC(c5ccccc5)N4)ccc31)c1ccccc12. The molecule has 2 atom stereocenters. The number of rotatable bonds is 4. The lowest BCUT2D eigenvalue weighted by Gasteiger charge is -2.41. The fraction of sp³-hybridized carbons (Fsp3) is 0.0755. The summed E-state index contributed by atoms with van der Waals surface area (Å²) in [4.78, 5) is 5.37. The number of aliphatic imine (C=N–C) groups is 1. The van der Waals surface area contributed by atoms with E-state index in [1.807, 2.05) is 12.1 Å². The van der Waals surface area contributed by atoms with Crippen molar-refractivity contribution in [3.8, 4) is 22.6 Å². The highest BCUT2D eigenvalue weighted by atomic mass is 16.5. The molecule has 8 aromatic rings. The molecule has 12 rings (SSSR count). The summed E-state index contributed by atoms with van der Waals surface area (Å²) in [6.45, 7) is 0. The van der Waals surface area contributed by atoms with Gasteiger partial charge in [-0.15, -0.1) is 0 Å². The largest absolute Gasteiger partial charge is 0.457 e. The average molecular weight is 733 g/mol. The van der Waals surface area contributed by atoms with E-state index >= 15 is 0 Å². The Labute approximate surface area is 330 Å². The first-order chi connectivity index (χ1) is 28.2. The number of benzene rings is 7. The molecule has 0 saturated carbocycles. The van der Waals surface area contributed by atoms with Gasteiger partial charge in [-0.1, -0.05) is 146 Å². The van der Waals surface area contributed by atoms with Crippen molar-refractivity contribution in [3.63, 3.8) is 0 Å². The third kappa shape index (κ3) is 4.77. The van der Waals surface area contributed by atoms with Crippen LogP contribution in [-0.2, 0) is 5.41 Å². The fourth-order valence-corrected chi connectivity index (χ4v) is 9.84. The molecule has 0 radical (unpaired) electrons. The summed E-state index contributed by atoms with van der Waals surface area (Å²) in [7, 11) is 0. The lowest BCUT2D eigenvalue weighted by molar-refractivity contribution is 0.432. The molecular weight excluding hydrogens is 697 g/mol. The maximum absolute atomic E-state index is 6.91. The monoisotopic (exact) mass is 732 g/mol. The van der Waals surface area contributed by atoms with Crippen molar-refractivity contribution in [2.24, 2.45) is 4.99 Å². The van der Waals surface area contributed by atoms with Crippen LogP contribution in [0, 0.1) is 0 Å². The Morgan fingerprint density at radius 1 is 0.579 bits per heavy atom. The second-order valence-electron chi connectivity index (χ2n) is 15.3. The van der Waals surface area contributed by atoms with Gasteiger partial charge in [0.15, 0.2) is 0 Å². The summed E-state index contributed by atoms with van der Waals surface area (Å²) < 4.78 is 13.2. The fourth-order valence-electron chi connectivity index (χ4n) is 9.84. The molecule has 0 bridgehead atoms. The Morgan fingerprint density at radius 3 is 2.21 bits per heavy atom. The first-order valence-electron chi connectivity index (χ1n) is 19.8. The number of nitrogens with one attached hydrogen (secondary N) is 1. The van der Waals surface area contributed by atoms with E-state index in [1.165, 1.54) is 39.0 Å². The van der Waals surface area contributed by atoms with Gasteiger partial charge >= 0.3 is 0 Å². The molecule has 0 amide bonds. The predicted octanol–water partition coefficient (Wildman–Crippen LogP) is 12.9. The number of amidine groups is 1. The van der Waals surface area contributed by atoms with Crippen molar-refractivity contribution in [1.82, 2.24) is 5.32 Å². The van der Waals surface area contributed by atoms with Crippen LogP contribution in [0.1, 0.15) is 57.8 Å². The van der Waals surface area contributed by atoms with Gasteiger partial charge in [-0.2, -0.15) is 0 Å². The highest BCUT2D eigenvalue weighted by molar-refractivity contribution is 6.09. The van der Waals surface area contributed by atoms with Crippen molar-refractivity contribution >= 4 is 39.0 Å². The second kappa shape index (κ2) is 12.4. The van der Waals surface area contributed by atoms with E-state index in [4.69, 9.17) is 14.1 Å². The molecular formula is C53H36N2O2. The molecule has 1 unspecified atom stereocenters. The minimum atomic E-state index is -0.419. The molecule has 1 spiro atoms. The van der Waals surface area contributed by atoms with Gasteiger partial charge in [-0.25, -0.2) is 4.99 Å². The summed E-state index contributed by atoms with van der Waals surface area (Å²) in [6.07, 6.45) is 8.92. The zero-order valence-corrected chi connectivity index (χ0v) is 31.1. The van der Waals surface area contributed by atoms with Crippen LogP contribution in [0.15, 0.2) is 197 Å². The Bertz CT molecular complexity index is 3090. The molecule has 4 nitrogen and oxygen atoms in total. The van der Waals surface area contributed by atoms with Crippen LogP contribution in [0.3, 0.4) is 0 Å². The highest BCUT2D eigenvalue weighted by Crippen LogP contribution is 2.63. The summed E-state index contributed by atoms with van der Waals surface area (Å²) in [6, 6.07) is 58.1. The van der Waals surface area contributed by atoms with E-state index in [2.05, 4.69) is 175 Å². The van der Waals surface area contributed by atoms with Gasteiger partial charge in [0, 0.05) is 33.0 Å². The Balaban J connectivity index is 1.01. The van der Waals surface area contributed by atoms with Crippen LogP contribution in [0.5, 0.6) is 11.5 Å². The molecule has 1 N–H and O–H groups in total. The summed E-state index contributed by atoms with van der Waals surface area (Å²) >= 11 is 0. The van der Waals surface area contributed by atoms with Crippen molar-refractivity contribution in [1.29, 1.82) is 0 Å². The minimum absolute atomic E-state index is 0.0919. The van der Waals surface area contributed by atoms with Gasteiger partial charge < -0.3 is 14.5 Å². The lowest BCUT2D eigenvalue weighted by Crippen LogP contribution is -2.33. The molecule has 2 aliphatic carbocycles. The van der Waals surface area contributed by atoms with E-state index in [-0.39, 0.29) is 6.04 Å². The van der Waals surface area contributed by atoms with Crippen LogP contribution >= 0.6 is 0 Å². The van der Waals surface area contributed by atoms with E-state index < -0.39 is 5.41 Å². The summed E-state index contributed by atoms with van der Waals surface area (Å²) in [5.74, 6) is 2.61. The normalized spacial score (nSPS) is 19.0. The van der Waals surface area contributed by atoms with E-state index in [9.17, 15) is 0 Å². The van der Waals surface area contributed by atoms with Crippen molar-refractivity contribution < 1.29 is 9.15 Å². The molecule has 7 aromatic carbocycles. The van der Waals surface area contributed by atoms with Gasteiger partial charge in [0.1, 0.15) is 28.5 Å². The lowest BCUT2D eigenvalue weighted by atomic mass is 9.64. The van der Waals surface area contributed by atoms with Gasteiger partial charge in [-0.3, -0.25) is 0 Å². The Morgan fingerprint density at radius 2 is 1.30 bits per heavy atom. The quantitative estimate of drug-likeness (QED) is 0.196. The van der Waals surface area contributed by atoms with Gasteiger partial charge in [0.25, 0.3) is 0 Å². The third-order valence-corrected chi connectivity index (χ3v) is 12.3. The van der Waals surface area contributed by atoms with Gasteiger partial charge in [-0.05, 0) is 88.2 Å². The van der Waals surface area contributed by atoms with Crippen LogP contribution in [0.25, 0.3) is 44.3 Å². The molecule has 1 aromatic heterocycles. The second-order valence-corrected chi connectivity index (χ2v) is 15.3. The van der Waals surface area contributed by atoms with Crippen LogP contribution in [-0.4, -0.2) is 5.84 Å². The van der Waals surface area contributed by atoms with Crippen molar-refractivity contribution in [3.05, 3.63) is 227 Å². The van der Waals surface area contributed by atoms with Crippen molar-refractivity contribution in [2.75, 3.05) is 0 Å². The molecule has 3 heterocycles. The van der Waals surface area contributed by atoms with Crippen LogP contribution in [0.2, 0.25) is 0 Å². The van der Waals surface area contributed by atoms with Crippen molar-refractivity contribution in [2.45, 2.75) is 24.3 Å². The van der Waals surface area contributed by atoms with E-state index in [0.29, 0.717) is 0 Å². The van der Waals surface area contributed by atoms with E-state index in [0.717, 1.165) is 80.1 Å². The number of nitrogens with zero attached hydrogens (tertiary/aromatic N) is 1. The number of hydrogen-bond donors (Lipinski definition) is 1. The minimum Gasteiger partial charge on any atom is -0.457 e. The molecule has 4 aliphatic rings. The number of ether oxygens (including phenoxy) is 1. The first kappa shape index (κ1) is 32.1. The Kier molecular flexibility index (Phi) is 7.00. The zero-order chi connectivity index (χ0) is 37.5. The number of allylic oxidation sites excluding steroid dienone is 4. The Hall–Kier alpha value is -7.17. The third-order valence-electron chi connectivity index (χ3n) is 12.3. The number of para-hydroxylation sites is 2. The number of furan rings is 1. The van der Waals surface area contributed by atoms with E-state index in [1.54, 1.807) is 0 Å². The molecule has 270 valence electrons. The predicted molar refractivity (Wildman–Crippen MR) is 231 cm³/mol. The molecule has 0 saturated heterocycles. The maximum Gasteiger partial charge on any atom is 0.136 e. The highest BCUT2D eigenvalue weighted by Gasteiger charge is 2.52. The first-order valence-corrected chi connectivity index (χ1v) is 19.8. The summed E-state index contributed by atoms with van der Waals surface area (Å²) in [5.41, 5.74) is 15.4. The van der Waals surface area contributed by atoms with Gasteiger partial charge in [0.05, 0.1) is 17.2 Å². The summed E-state index contributed by atoms with van der Waals surface area (Å²) in [5, 5.41) is 6.04. The molecule has 57 heavy (non-hydrogen) atoms. The smallest absolute Gasteiger partial charge is 0.136 e. The maximum atomic E-state index is 6.91. The standard InChI is InChI=1S/C53H36N2O2/c1-2-14-33(15-3-1)46-32-47(35-26-28-40-39-19-8-12-24-48(39)56-50(40)31-35)55-52(54-46)41-20-5-4-16-36(41)34-27-29-45-51(30-34)57-49-25-13-11-23-44(49)53(45)42-21-9-6-17-37(42)38-18-7-10-22-43(38)53/h1-9,11-21,23-32,46H,10,22H2,(H,54,55)/t46?,53-/m0/s1. The number of fused-ring (bicyclic) bond motifs is 11. The molecule has 0 fully saturated rings. The van der Waals surface area contributed by atoms with Gasteiger partial charge in [0.2, 0.25) is 0 Å². The average Bonchev–Trinajstić information content (AvgIpc) is 3.80. The van der Waals surface area contributed by atoms with Crippen LogP contribution < -0.4 is 10.1 Å². The van der Waals surface area contributed by atoms with Crippen LogP contribution in [0.4, 0.5) is 0 Å².